The van der Waals surface area contributed by atoms with Crippen molar-refractivity contribution in [3.63, 3.8) is 0 Å². The highest BCUT2D eigenvalue weighted by molar-refractivity contribution is 5.93. The third-order valence-corrected chi connectivity index (χ3v) is 6.59. The fourth-order valence-corrected chi connectivity index (χ4v) is 4.76. The van der Waals surface area contributed by atoms with Crippen LogP contribution in [0.4, 0.5) is 5.69 Å². The van der Waals surface area contributed by atoms with Gasteiger partial charge in [0.1, 0.15) is 5.76 Å². The number of aromatic nitrogens is 3. The molecule has 1 fully saturated rings. The highest BCUT2D eigenvalue weighted by atomic mass is 16.5. The lowest BCUT2D eigenvalue weighted by Crippen LogP contribution is -2.52. The van der Waals surface area contributed by atoms with Crippen LogP contribution in [-0.2, 0) is 6.54 Å². The molecule has 0 spiro atoms. The molecule has 1 N–H and O–H groups in total. The minimum absolute atomic E-state index is 0.189. The third kappa shape index (κ3) is 5.50. The van der Waals surface area contributed by atoms with E-state index in [1.807, 2.05) is 31.5 Å². The minimum atomic E-state index is -0.189. The Morgan fingerprint density at radius 2 is 2.00 bits per heavy atom. The molecular formula is C26H36N6O2. The van der Waals surface area contributed by atoms with Gasteiger partial charge in [-0.15, -0.1) is 0 Å². The summed E-state index contributed by atoms with van der Waals surface area (Å²) in [6, 6.07) is 11.2. The van der Waals surface area contributed by atoms with Gasteiger partial charge in [0.25, 0.3) is 5.91 Å². The number of amides is 1. The van der Waals surface area contributed by atoms with Crippen LogP contribution in [-0.4, -0.2) is 64.5 Å². The van der Waals surface area contributed by atoms with E-state index in [-0.39, 0.29) is 5.91 Å². The van der Waals surface area contributed by atoms with Crippen LogP contribution in [0.5, 0.6) is 0 Å². The second kappa shape index (κ2) is 10.4. The average molecular weight is 465 g/mol. The molecule has 2 aromatic heterocycles. The van der Waals surface area contributed by atoms with Gasteiger partial charge in [-0.1, -0.05) is 17.3 Å². The molecule has 0 unspecified atom stereocenters. The smallest absolute Gasteiger partial charge is 0.273 e. The number of anilines is 1. The van der Waals surface area contributed by atoms with Crippen LogP contribution in [0.15, 0.2) is 34.9 Å². The maximum Gasteiger partial charge on any atom is 0.273 e. The van der Waals surface area contributed by atoms with Crippen LogP contribution in [0.25, 0.3) is 0 Å². The first kappa shape index (κ1) is 24.0. The summed E-state index contributed by atoms with van der Waals surface area (Å²) in [7, 11) is 0. The van der Waals surface area contributed by atoms with E-state index < -0.39 is 0 Å². The molecule has 0 aliphatic carbocycles. The Morgan fingerprint density at radius 1 is 1.18 bits per heavy atom. The van der Waals surface area contributed by atoms with Crippen LogP contribution < -0.4 is 10.2 Å². The highest BCUT2D eigenvalue weighted by Gasteiger charge is 2.24. The lowest BCUT2D eigenvalue weighted by atomic mass is 10.1. The van der Waals surface area contributed by atoms with Crippen molar-refractivity contribution in [2.24, 2.45) is 0 Å². The number of nitrogens with zero attached hydrogens (tertiary/aromatic N) is 5. The normalized spacial score (nSPS) is 16.7. The molecular weight excluding hydrogens is 428 g/mol. The topological polar surface area (TPSA) is 79.4 Å². The van der Waals surface area contributed by atoms with Crippen molar-refractivity contribution in [3.05, 3.63) is 64.3 Å². The van der Waals surface area contributed by atoms with E-state index in [2.05, 4.69) is 63.5 Å². The number of rotatable bonds is 8. The Kier molecular flexibility index (Phi) is 7.36. The molecule has 1 aliphatic rings. The van der Waals surface area contributed by atoms with E-state index >= 15 is 0 Å². The molecule has 1 saturated heterocycles. The molecule has 3 heterocycles. The van der Waals surface area contributed by atoms with Crippen molar-refractivity contribution in [1.29, 1.82) is 0 Å². The molecule has 1 aromatic carbocycles. The Hall–Kier alpha value is -3.13. The van der Waals surface area contributed by atoms with Crippen molar-refractivity contribution in [3.8, 4) is 0 Å². The van der Waals surface area contributed by atoms with E-state index in [1.54, 1.807) is 0 Å². The zero-order valence-corrected chi connectivity index (χ0v) is 21.0. The monoisotopic (exact) mass is 464 g/mol. The van der Waals surface area contributed by atoms with Gasteiger partial charge in [0, 0.05) is 49.2 Å². The molecule has 8 heteroatoms. The number of hydrogen-bond donors (Lipinski definition) is 1. The average Bonchev–Trinajstić information content (AvgIpc) is 3.32. The highest BCUT2D eigenvalue weighted by Crippen LogP contribution is 2.22. The first-order valence-corrected chi connectivity index (χ1v) is 12.1. The molecule has 0 saturated carbocycles. The summed E-state index contributed by atoms with van der Waals surface area (Å²) in [5.41, 5.74) is 5.73. The lowest BCUT2D eigenvalue weighted by Gasteiger charge is -2.41. The third-order valence-electron chi connectivity index (χ3n) is 6.59. The molecule has 34 heavy (non-hydrogen) atoms. The zero-order chi connectivity index (χ0) is 24.2. The number of carbonyl (C=O) groups is 1. The van der Waals surface area contributed by atoms with Gasteiger partial charge in [-0.2, -0.15) is 5.10 Å². The summed E-state index contributed by atoms with van der Waals surface area (Å²) in [5.74, 6) is 0.462. The molecule has 8 nitrogen and oxygen atoms in total. The maximum absolute atomic E-state index is 12.8. The predicted octanol–water partition coefficient (Wildman–Crippen LogP) is 3.48. The second-order valence-electron chi connectivity index (χ2n) is 9.44. The van der Waals surface area contributed by atoms with Gasteiger partial charge < -0.3 is 14.7 Å². The van der Waals surface area contributed by atoms with Crippen LogP contribution >= 0.6 is 0 Å². The molecule has 1 aliphatic heterocycles. The van der Waals surface area contributed by atoms with Gasteiger partial charge >= 0.3 is 0 Å². The largest absolute Gasteiger partial charge is 0.366 e. The Bertz CT molecular complexity index is 1130. The van der Waals surface area contributed by atoms with Gasteiger partial charge in [0.15, 0.2) is 5.69 Å². The molecule has 1 amide bonds. The SMILES string of the molecule is Cc1cccc(N2CCN(CCCNC(=O)c3noc(C)c3Cn3nc(C)cc3C)C[C@@H]2C)c1. The predicted molar refractivity (Wildman–Crippen MR) is 133 cm³/mol. The Morgan fingerprint density at radius 3 is 2.71 bits per heavy atom. The van der Waals surface area contributed by atoms with Gasteiger partial charge in [0.05, 0.1) is 12.2 Å². The van der Waals surface area contributed by atoms with Crippen LogP contribution in [0.1, 0.15) is 52.1 Å². The zero-order valence-electron chi connectivity index (χ0n) is 21.0. The number of carbonyl (C=O) groups excluding carboxylic acids is 1. The molecule has 1 atom stereocenters. The fraction of sp³-hybridized carbons (Fsp3) is 0.500. The maximum atomic E-state index is 12.8. The van der Waals surface area contributed by atoms with Gasteiger partial charge in [-0.3, -0.25) is 14.4 Å². The number of benzene rings is 1. The van der Waals surface area contributed by atoms with Crippen LogP contribution in [0.3, 0.4) is 0 Å². The summed E-state index contributed by atoms with van der Waals surface area (Å²) in [4.78, 5) is 17.8. The summed E-state index contributed by atoms with van der Waals surface area (Å²) < 4.78 is 7.22. The van der Waals surface area contributed by atoms with Gasteiger partial charge in [-0.05, 0) is 71.3 Å². The Balaban J connectivity index is 1.25. The summed E-state index contributed by atoms with van der Waals surface area (Å²) in [6.45, 7) is 15.3. The standard InChI is InChI=1S/C26H36N6O2/c1-18-8-6-9-23(14-18)31-13-12-30(16-21(31)4)11-7-10-27-26(33)25-24(22(5)34-29-25)17-32-20(3)15-19(2)28-32/h6,8-9,14-15,21H,7,10-13,16-17H2,1-5H3,(H,27,33)/t21-/m0/s1. The molecule has 182 valence electrons. The van der Waals surface area contributed by atoms with E-state index in [4.69, 9.17) is 4.52 Å². The van der Waals surface area contributed by atoms with Crippen molar-refractivity contribution < 1.29 is 9.32 Å². The molecule has 0 radical (unpaired) electrons. The lowest BCUT2D eigenvalue weighted by molar-refractivity contribution is 0.0941. The van der Waals surface area contributed by atoms with Crippen molar-refractivity contribution >= 4 is 11.6 Å². The number of piperazine rings is 1. The summed E-state index contributed by atoms with van der Waals surface area (Å²) in [5, 5.41) is 11.5. The number of nitrogens with one attached hydrogen (secondary N) is 1. The Labute approximate surface area is 201 Å². The number of hydrogen-bond acceptors (Lipinski definition) is 6. The molecule has 3 aromatic rings. The molecule has 0 bridgehead atoms. The van der Waals surface area contributed by atoms with Crippen LogP contribution in [0.2, 0.25) is 0 Å². The molecule has 4 rings (SSSR count). The van der Waals surface area contributed by atoms with Crippen LogP contribution in [0, 0.1) is 27.7 Å². The first-order chi connectivity index (χ1) is 16.3. The van der Waals surface area contributed by atoms with Crippen molar-refractivity contribution in [1.82, 2.24) is 25.2 Å². The summed E-state index contributed by atoms with van der Waals surface area (Å²) >= 11 is 0. The first-order valence-electron chi connectivity index (χ1n) is 12.1. The van der Waals surface area contributed by atoms with E-state index in [1.165, 1.54) is 11.3 Å². The second-order valence-corrected chi connectivity index (χ2v) is 9.44. The van der Waals surface area contributed by atoms with Gasteiger partial charge in [0.2, 0.25) is 0 Å². The fourth-order valence-electron chi connectivity index (χ4n) is 4.76. The van der Waals surface area contributed by atoms with Crippen molar-refractivity contribution in [2.45, 2.75) is 53.6 Å². The van der Waals surface area contributed by atoms with E-state index in [0.717, 1.165) is 49.6 Å². The van der Waals surface area contributed by atoms with Gasteiger partial charge in [-0.25, -0.2) is 0 Å². The van der Waals surface area contributed by atoms with E-state index in [9.17, 15) is 4.79 Å². The van der Waals surface area contributed by atoms with E-state index in [0.29, 0.717) is 30.6 Å². The minimum Gasteiger partial charge on any atom is -0.366 e. The quantitative estimate of drug-likeness (QED) is 0.514. The summed E-state index contributed by atoms with van der Waals surface area (Å²) in [6.07, 6.45) is 0.895. The van der Waals surface area contributed by atoms with Crippen molar-refractivity contribution in [2.75, 3.05) is 37.6 Å². The number of aryl methyl sites for hydroxylation is 4.